The Bertz CT molecular complexity index is 1630. The summed E-state index contributed by atoms with van der Waals surface area (Å²) in [5, 5.41) is 19.6. The first-order valence-electron chi connectivity index (χ1n) is 9.83. The van der Waals surface area contributed by atoms with Crippen LogP contribution in [-0.4, -0.2) is 0 Å². The maximum atomic E-state index is 14.8. The summed E-state index contributed by atoms with van der Waals surface area (Å²) in [6.07, 6.45) is -0.416. The zero-order valence-corrected chi connectivity index (χ0v) is 17.0. The van der Waals surface area contributed by atoms with E-state index in [0.29, 0.717) is 0 Å². The van der Waals surface area contributed by atoms with Crippen molar-refractivity contribution in [3.63, 3.8) is 0 Å². The minimum atomic E-state index is -1.11. The molecule has 5 rings (SSSR count). The Labute approximate surface area is 190 Å². The zero-order valence-electron chi connectivity index (χ0n) is 17.0. The predicted octanol–water partition coefficient (Wildman–Crippen LogP) is 4.49. The Morgan fingerprint density at radius 1 is 0.676 bits per heavy atom. The lowest BCUT2D eigenvalue weighted by atomic mass is 9.90. The number of hydrogen-bond acceptors (Lipinski definition) is 2. The zero-order chi connectivity index (χ0) is 24.3. The van der Waals surface area contributed by atoms with E-state index in [0.717, 1.165) is 12.1 Å². The molecule has 4 nitrogen and oxygen atoms in total. The Hall–Kier alpha value is -4.92. The van der Waals surface area contributed by atoms with Gasteiger partial charge in [-0.3, -0.25) is 0 Å². The number of nitrogens with zero attached hydrogens (tertiary/aromatic N) is 4. The summed E-state index contributed by atoms with van der Waals surface area (Å²) in [4.78, 5) is 6.60. The molecule has 0 spiro atoms. The lowest BCUT2D eigenvalue weighted by Crippen LogP contribution is -2.25. The van der Waals surface area contributed by atoms with Crippen LogP contribution in [-0.2, 0) is 12.8 Å². The second kappa shape index (κ2) is 7.31. The fourth-order valence-corrected chi connectivity index (χ4v) is 4.95. The second-order valence-corrected chi connectivity index (χ2v) is 7.73. The van der Waals surface area contributed by atoms with E-state index < -0.39 is 23.3 Å². The van der Waals surface area contributed by atoms with Gasteiger partial charge in [0.15, 0.2) is 23.3 Å². The first kappa shape index (κ1) is 21.0. The highest BCUT2D eigenvalue weighted by Gasteiger charge is 2.34. The molecule has 3 aromatic carbocycles. The summed E-state index contributed by atoms with van der Waals surface area (Å²) in [6, 6.07) is 8.06. The molecule has 2 aliphatic rings. The van der Waals surface area contributed by atoms with Crippen molar-refractivity contribution in [3.05, 3.63) is 103 Å². The Morgan fingerprint density at radius 2 is 1.06 bits per heavy atom. The number of nitriles is 2. The van der Waals surface area contributed by atoms with Crippen molar-refractivity contribution in [1.82, 2.24) is 0 Å². The van der Waals surface area contributed by atoms with Crippen molar-refractivity contribution in [2.24, 2.45) is 0 Å². The van der Waals surface area contributed by atoms with Crippen LogP contribution >= 0.6 is 0 Å². The third-order valence-electron chi connectivity index (χ3n) is 6.25. The number of fused-ring (bicyclic) bond motifs is 6. The highest BCUT2D eigenvalue weighted by Crippen LogP contribution is 2.42. The third-order valence-corrected chi connectivity index (χ3v) is 6.25. The van der Waals surface area contributed by atoms with Crippen LogP contribution in [0.4, 0.5) is 17.6 Å². The van der Waals surface area contributed by atoms with Gasteiger partial charge in [0.2, 0.25) is 0 Å². The number of rotatable bonds is 0. The van der Waals surface area contributed by atoms with Crippen LogP contribution in [0.25, 0.3) is 43.3 Å². The maximum absolute atomic E-state index is 14.8. The van der Waals surface area contributed by atoms with Gasteiger partial charge < -0.3 is 0 Å². The van der Waals surface area contributed by atoms with Crippen molar-refractivity contribution in [3.8, 4) is 34.4 Å². The molecule has 2 aliphatic carbocycles. The van der Waals surface area contributed by atoms with Gasteiger partial charge in [0.25, 0.3) is 11.4 Å². The topological polar surface area (TPSA) is 56.3 Å². The largest absolute Gasteiger partial charge is 0.269 e. The third kappa shape index (κ3) is 2.54. The van der Waals surface area contributed by atoms with Gasteiger partial charge in [-0.1, -0.05) is 12.1 Å². The highest BCUT2D eigenvalue weighted by molar-refractivity contribution is 5.92. The molecule has 3 aromatic rings. The van der Waals surface area contributed by atoms with Gasteiger partial charge in [0.1, 0.15) is 0 Å². The van der Waals surface area contributed by atoms with E-state index >= 15 is 0 Å². The molecular weight excluding hydrogens is 444 g/mol. The Kier molecular flexibility index (Phi) is 4.50. The van der Waals surface area contributed by atoms with E-state index in [1.165, 1.54) is 12.1 Å². The Morgan fingerprint density at radius 3 is 1.38 bits per heavy atom. The molecule has 0 saturated carbocycles. The summed E-state index contributed by atoms with van der Waals surface area (Å²) in [5.41, 5.74) is 0.597. The summed E-state index contributed by atoms with van der Waals surface area (Å²) < 4.78 is 57.6. The van der Waals surface area contributed by atoms with Crippen molar-refractivity contribution in [2.75, 3.05) is 0 Å². The van der Waals surface area contributed by atoms with E-state index in [1.807, 2.05) is 12.1 Å². The van der Waals surface area contributed by atoms with Gasteiger partial charge in [0, 0.05) is 34.4 Å². The van der Waals surface area contributed by atoms with E-state index in [2.05, 4.69) is 9.69 Å². The summed E-state index contributed by atoms with van der Waals surface area (Å²) in [6.45, 7) is 15.0. The van der Waals surface area contributed by atoms with Crippen LogP contribution in [0.5, 0.6) is 0 Å². The van der Waals surface area contributed by atoms with E-state index in [1.54, 1.807) is 0 Å². The SMILES string of the molecule is [C-]#[N+]/C(C#N)=c1/c2c(/c(=C(\C#N)[N+]#[C-])c3c1-c1ccc(F)c(F)c1C3)-c1ccc(F)c(F)c1C2. The smallest absolute Gasteiger partial charge is 0.226 e. The first-order chi connectivity index (χ1) is 16.4. The fourth-order valence-electron chi connectivity index (χ4n) is 4.95. The summed E-state index contributed by atoms with van der Waals surface area (Å²) >= 11 is 0. The van der Waals surface area contributed by atoms with Gasteiger partial charge in [0.05, 0.1) is 25.3 Å². The van der Waals surface area contributed by atoms with E-state index in [9.17, 15) is 28.1 Å². The monoisotopic (exact) mass is 452 g/mol. The molecule has 34 heavy (non-hydrogen) atoms. The molecule has 0 aliphatic heterocycles. The number of benzene rings is 3. The van der Waals surface area contributed by atoms with Crippen LogP contribution < -0.4 is 10.4 Å². The molecule has 0 unspecified atom stereocenters. The van der Waals surface area contributed by atoms with Crippen molar-refractivity contribution < 1.29 is 17.6 Å². The van der Waals surface area contributed by atoms with Crippen molar-refractivity contribution in [2.45, 2.75) is 12.8 Å². The lowest BCUT2D eigenvalue weighted by Gasteiger charge is -2.13. The quantitative estimate of drug-likeness (QED) is 0.257. The molecule has 0 N–H and O–H groups in total. The standard InChI is InChI=1S/C26H8F4N4/c1-33-19(9-31)23-15-7-13-12(4-6-18(28)25(13)29)22(15)24(20(10-32)34-2)16-8-14-11(21(16)23)3-5-17(27)26(14)30/h3-6H,7-8H2/b23-19-,24-20+. The van der Waals surface area contributed by atoms with Crippen LogP contribution in [0.2, 0.25) is 0 Å². The van der Waals surface area contributed by atoms with Crippen molar-refractivity contribution >= 4 is 11.4 Å². The summed E-state index contributed by atoms with van der Waals surface area (Å²) in [7, 11) is 0. The average Bonchev–Trinajstić information content (AvgIpc) is 3.41. The number of hydrogen-bond donors (Lipinski definition) is 0. The molecular formula is C26H8F4N4. The van der Waals surface area contributed by atoms with Crippen LogP contribution in [0.3, 0.4) is 0 Å². The average molecular weight is 452 g/mol. The fraction of sp³-hybridized carbons (Fsp3) is 0.0769. The maximum Gasteiger partial charge on any atom is 0.269 e. The first-order valence-corrected chi connectivity index (χ1v) is 9.83. The van der Waals surface area contributed by atoms with Gasteiger partial charge >= 0.3 is 0 Å². The number of halogens is 4. The van der Waals surface area contributed by atoms with Crippen molar-refractivity contribution in [1.29, 1.82) is 10.5 Å². The van der Waals surface area contributed by atoms with Gasteiger partial charge in [-0.05, 0) is 45.5 Å². The molecule has 0 aromatic heterocycles. The molecule has 0 heterocycles. The normalized spacial score (nSPS) is 13.9. The molecule has 0 amide bonds. The molecule has 0 fully saturated rings. The lowest BCUT2D eigenvalue weighted by molar-refractivity contribution is 0.502. The Balaban J connectivity index is 2.13. The summed E-state index contributed by atoms with van der Waals surface area (Å²) in [5.74, 6) is -4.40. The molecule has 0 saturated heterocycles. The molecule has 160 valence electrons. The molecule has 0 radical (unpaired) electrons. The highest BCUT2D eigenvalue weighted by atomic mass is 19.2. The predicted molar refractivity (Wildman–Crippen MR) is 113 cm³/mol. The molecule has 0 bridgehead atoms. The minimum Gasteiger partial charge on any atom is -0.226 e. The minimum absolute atomic E-state index is 0.0313. The van der Waals surface area contributed by atoms with Gasteiger partial charge in [-0.2, -0.15) is 0 Å². The van der Waals surface area contributed by atoms with Crippen LogP contribution in [0, 0.1) is 59.1 Å². The molecule has 8 heteroatoms. The van der Waals surface area contributed by atoms with E-state index in [4.69, 9.17) is 13.1 Å². The molecule has 0 atom stereocenters. The van der Waals surface area contributed by atoms with Gasteiger partial charge in [-0.15, -0.1) is 0 Å². The van der Waals surface area contributed by atoms with E-state index in [-0.39, 0.29) is 79.2 Å². The second-order valence-electron chi connectivity index (χ2n) is 7.73. The van der Waals surface area contributed by atoms with Crippen LogP contribution in [0.15, 0.2) is 24.3 Å². The van der Waals surface area contributed by atoms with Gasteiger partial charge in [-0.25, -0.2) is 37.8 Å². The van der Waals surface area contributed by atoms with Crippen LogP contribution in [0.1, 0.15) is 22.3 Å².